The minimum absolute atomic E-state index is 0.157. The van der Waals surface area contributed by atoms with Crippen LogP contribution in [0.1, 0.15) is 18.2 Å². The fraction of sp³-hybridized carbons (Fsp3) is 0.400. The quantitative estimate of drug-likeness (QED) is 0.873. The number of hydrogen-bond donors (Lipinski definition) is 2. The van der Waals surface area contributed by atoms with E-state index in [9.17, 15) is 18.3 Å². The van der Waals surface area contributed by atoms with Gasteiger partial charge in [0.1, 0.15) is 0 Å². The zero-order chi connectivity index (χ0) is 17.2. The SMILES string of the molecule is Cc1nn(-c2ccccc2Cl)cc1CNC(C)C(O)C(F)(F)F. The molecule has 0 spiro atoms. The second-order valence-corrected chi connectivity index (χ2v) is 5.70. The van der Waals surface area contributed by atoms with Gasteiger partial charge in [-0.15, -0.1) is 0 Å². The van der Waals surface area contributed by atoms with Gasteiger partial charge < -0.3 is 10.4 Å². The van der Waals surface area contributed by atoms with E-state index in [4.69, 9.17) is 11.6 Å². The zero-order valence-electron chi connectivity index (χ0n) is 12.6. The minimum atomic E-state index is -4.65. The van der Waals surface area contributed by atoms with E-state index in [1.165, 1.54) is 6.92 Å². The topological polar surface area (TPSA) is 50.1 Å². The van der Waals surface area contributed by atoms with Crippen LogP contribution in [0.5, 0.6) is 0 Å². The highest BCUT2D eigenvalue weighted by atomic mass is 35.5. The molecule has 0 radical (unpaired) electrons. The molecule has 0 saturated carbocycles. The average molecular weight is 348 g/mol. The number of rotatable bonds is 5. The van der Waals surface area contributed by atoms with Crippen molar-refractivity contribution in [1.82, 2.24) is 15.1 Å². The monoisotopic (exact) mass is 347 g/mol. The molecular weight excluding hydrogens is 331 g/mol. The van der Waals surface area contributed by atoms with Gasteiger partial charge in [-0.2, -0.15) is 18.3 Å². The predicted molar refractivity (Wildman–Crippen MR) is 81.7 cm³/mol. The van der Waals surface area contributed by atoms with E-state index in [1.807, 2.05) is 6.07 Å². The Balaban J connectivity index is 2.09. The summed E-state index contributed by atoms with van der Waals surface area (Å²) in [5.41, 5.74) is 2.09. The smallest absolute Gasteiger partial charge is 0.382 e. The van der Waals surface area contributed by atoms with Crippen molar-refractivity contribution < 1.29 is 18.3 Å². The first-order valence-electron chi connectivity index (χ1n) is 6.98. The van der Waals surface area contributed by atoms with Crippen LogP contribution in [0.25, 0.3) is 5.69 Å². The normalized spacial score (nSPS) is 14.7. The molecule has 0 saturated heterocycles. The number of benzene rings is 1. The highest BCUT2D eigenvalue weighted by molar-refractivity contribution is 6.32. The van der Waals surface area contributed by atoms with Crippen molar-refractivity contribution >= 4 is 11.6 Å². The van der Waals surface area contributed by atoms with Crippen LogP contribution in [0.15, 0.2) is 30.5 Å². The van der Waals surface area contributed by atoms with Crippen LogP contribution >= 0.6 is 11.6 Å². The van der Waals surface area contributed by atoms with Gasteiger partial charge in [-0.25, -0.2) is 4.68 Å². The molecule has 126 valence electrons. The summed E-state index contributed by atoms with van der Waals surface area (Å²) >= 11 is 6.11. The fourth-order valence-electron chi connectivity index (χ4n) is 2.10. The molecule has 2 rings (SSSR count). The molecule has 8 heteroatoms. The van der Waals surface area contributed by atoms with Crippen LogP contribution in [-0.4, -0.2) is 33.2 Å². The van der Waals surface area contributed by atoms with Crippen molar-refractivity contribution in [3.63, 3.8) is 0 Å². The Labute approximate surface area is 136 Å². The summed E-state index contributed by atoms with van der Waals surface area (Å²) in [6.45, 7) is 3.20. The number of nitrogens with zero attached hydrogens (tertiary/aromatic N) is 2. The number of halogens is 4. The maximum atomic E-state index is 12.5. The van der Waals surface area contributed by atoms with E-state index >= 15 is 0 Å². The Bertz CT molecular complexity index is 672. The summed E-state index contributed by atoms with van der Waals surface area (Å²) < 4.78 is 38.9. The molecule has 0 aliphatic heterocycles. The lowest BCUT2D eigenvalue weighted by molar-refractivity contribution is -0.210. The molecule has 1 aromatic carbocycles. The van der Waals surface area contributed by atoms with Gasteiger partial charge in [0.15, 0.2) is 6.10 Å². The van der Waals surface area contributed by atoms with E-state index in [1.54, 1.807) is 36.0 Å². The number of para-hydroxylation sites is 1. The number of hydrogen-bond acceptors (Lipinski definition) is 3. The highest BCUT2D eigenvalue weighted by Crippen LogP contribution is 2.23. The van der Waals surface area contributed by atoms with Crippen LogP contribution in [0.2, 0.25) is 5.02 Å². The molecule has 23 heavy (non-hydrogen) atoms. The maximum Gasteiger partial charge on any atom is 0.415 e. The summed E-state index contributed by atoms with van der Waals surface area (Å²) in [7, 11) is 0. The molecule has 2 atom stereocenters. The average Bonchev–Trinajstić information content (AvgIpc) is 2.84. The summed E-state index contributed by atoms with van der Waals surface area (Å²) in [5.74, 6) is 0. The van der Waals surface area contributed by atoms with Crippen molar-refractivity contribution in [2.24, 2.45) is 0 Å². The molecule has 2 N–H and O–H groups in total. The van der Waals surface area contributed by atoms with Gasteiger partial charge in [0.25, 0.3) is 0 Å². The molecule has 0 bridgehead atoms. The second-order valence-electron chi connectivity index (χ2n) is 5.29. The number of alkyl halides is 3. The minimum Gasteiger partial charge on any atom is -0.382 e. The van der Waals surface area contributed by atoms with Crippen LogP contribution in [0.3, 0.4) is 0 Å². The first kappa shape index (κ1) is 17.8. The van der Waals surface area contributed by atoms with Crippen molar-refractivity contribution in [3.05, 3.63) is 46.7 Å². The van der Waals surface area contributed by atoms with E-state index < -0.39 is 18.3 Å². The molecule has 1 aromatic heterocycles. The third kappa shape index (κ3) is 4.25. The molecule has 2 aromatic rings. The van der Waals surface area contributed by atoms with Gasteiger partial charge >= 0.3 is 6.18 Å². The van der Waals surface area contributed by atoms with E-state index in [2.05, 4.69) is 10.4 Å². The molecule has 0 amide bonds. The maximum absolute atomic E-state index is 12.5. The Kier molecular flexibility index (Phi) is 5.33. The molecule has 0 aliphatic rings. The third-order valence-electron chi connectivity index (χ3n) is 3.52. The van der Waals surface area contributed by atoms with Gasteiger partial charge in [0.05, 0.1) is 16.4 Å². The molecule has 4 nitrogen and oxygen atoms in total. The van der Waals surface area contributed by atoms with Crippen molar-refractivity contribution in [3.8, 4) is 5.69 Å². The van der Waals surface area contributed by atoms with Crippen molar-refractivity contribution in [2.45, 2.75) is 38.7 Å². The van der Waals surface area contributed by atoms with Crippen LogP contribution < -0.4 is 5.32 Å². The lowest BCUT2D eigenvalue weighted by Gasteiger charge is -2.22. The lowest BCUT2D eigenvalue weighted by atomic mass is 10.1. The summed E-state index contributed by atoms with van der Waals surface area (Å²) in [4.78, 5) is 0. The van der Waals surface area contributed by atoms with Crippen molar-refractivity contribution in [2.75, 3.05) is 0 Å². The van der Waals surface area contributed by atoms with Gasteiger partial charge in [0.2, 0.25) is 0 Å². The number of aromatic nitrogens is 2. The Hall–Kier alpha value is -1.57. The van der Waals surface area contributed by atoms with E-state index in [0.717, 1.165) is 5.56 Å². The van der Waals surface area contributed by atoms with Gasteiger partial charge in [-0.1, -0.05) is 23.7 Å². The fourth-order valence-corrected chi connectivity index (χ4v) is 2.32. The van der Waals surface area contributed by atoms with E-state index in [-0.39, 0.29) is 6.54 Å². The summed E-state index contributed by atoms with van der Waals surface area (Å²) in [6, 6.07) is 6.01. The summed E-state index contributed by atoms with van der Waals surface area (Å²) in [6.07, 6.45) is -5.36. The molecule has 0 aliphatic carbocycles. The van der Waals surface area contributed by atoms with Gasteiger partial charge in [-0.3, -0.25) is 0 Å². The highest BCUT2D eigenvalue weighted by Gasteiger charge is 2.41. The van der Waals surface area contributed by atoms with Crippen LogP contribution in [-0.2, 0) is 6.54 Å². The van der Waals surface area contributed by atoms with Crippen LogP contribution in [0, 0.1) is 6.92 Å². The number of aliphatic hydroxyl groups excluding tert-OH is 1. The number of aliphatic hydroxyl groups is 1. The zero-order valence-corrected chi connectivity index (χ0v) is 13.4. The number of nitrogens with one attached hydrogen (secondary N) is 1. The third-order valence-corrected chi connectivity index (χ3v) is 3.84. The summed E-state index contributed by atoms with van der Waals surface area (Å²) in [5, 5.41) is 16.7. The van der Waals surface area contributed by atoms with Crippen molar-refractivity contribution in [1.29, 1.82) is 0 Å². The van der Waals surface area contributed by atoms with Gasteiger partial charge in [0, 0.05) is 24.3 Å². The predicted octanol–water partition coefficient (Wildman–Crippen LogP) is 3.24. The Morgan fingerprint density at radius 1 is 1.35 bits per heavy atom. The first-order valence-corrected chi connectivity index (χ1v) is 7.36. The number of aryl methyl sites for hydroxylation is 1. The standard InChI is InChI=1S/C15H17ClF3N3O/c1-9-11(7-20-10(2)14(23)15(17,18)19)8-22(21-9)13-6-4-3-5-12(13)16/h3-6,8,10,14,20,23H,7H2,1-2H3. The van der Waals surface area contributed by atoms with E-state index in [0.29, 0.717) is 16.4 Å². The van der Waals surface area contributed by atoms with Crippen LogP contribution in [0.4, 0.5) is 13.2 Å². The molecule has 2 unspecified atom stereocenters. The van der Waals surface area contributed by atoms with Gasteiger partial charge in [-0.05, 0) is 26.0 Å². The molecule has 1 heterocycles. The Morgan fingerprint density at radius 3 is 2.61 bits per heavy atom. The second kappa shape index (κ2) is 6.90. The Morgan fingerprint density at radius 2 is 2.00 bits per heavy atom. The largest absolute Gasteiger partial charge is 0.415 e. The molecule has 0 fully saturated rings. The lowest BCUT2D eigenvalue weighted by Crippen LogP contribution is -2.45. The first-order chi connectivity index (χ1) is 10.7. The molecular formula is C15H17ClF3N3O.